The number of rotatable bonds is 5. The molecule has 3 aromatic rings. The summed E-state index contributed by atoms with van der Waals surface area (Å²) >= 11 is 7.21. The zero-order chi connectivity index (χ0) is 18.5. The van der Waals surface area contributed by atoms with Gasteiger partial charge in [0.2, 0.25) is 5.91 Å². The van der Waals surface area contributed by atoms with E-state index in [1.165, 1.54) is 17.5 Å². The lowest BCUT2D eigenvalue weighted by Crippen LogP contribution is -2.19. The first-order valence-electron chi connectivity index (χ1n) is 7.75. The quantitative estimate of drug-likeness (QED) is 0.688. The molecule has 1 aromatic carbocycles. The number of amides is 2. The molecule has 0 radical (unpaired) electrons. The van der Waals surface area contributed by atoms with Gasteiger partial charge in [-0.05, 0) is 36.8 Å². The lowest BCUT2D eigenvalue weighted by Gasteiger charge is -2.13. The van der Waals surface area contributed by atoms with Crippen LogP contribution in [-0.4, -0.2) is 21.8 Å². The van der Waals surface area contributed by atoms with Crippen LogP contribution in [0, 0.1) is 0 Å². The number of carbonyl (C=O) groups is 2. The maximum absolute atomic E-state index is 12.4. The second-order valence-electron chi connectivity index (χ2n) is 5.52. The monoisotopic (exact) mass is 386 g/mol. The fourth-order valence-corrected chi connectivity index (χ4v) is 2.86. The molecule has 132 valence electrons. The van der Waals surface area contributed by atoms with Crippen molar-refractivity contribution in [2.45, 2.75) is 12.8 Å². The van der Waals surface area contributed by atoms with Crippen LogP contribution in [0.4, 0.5) is 11.5 Å². The maximum Gasteiger partial charge on any atom is 0.276 e. The van der Waals surface area contributed by atoms with E-state index < -0.39 is 0 Å². The van der Waals surface area contributed by atoms with Gasteiger partial charge in [-0.2, -0.15) is 0 Å². The van der Waals surface area contributed by atoms with Crippen LogP contribution in [0.25, 0.3) is 0 Å². The Morgan fingerprint density at radius 1 is 1.08 bits per heavy atom. The summed E-state index contributed by atoms with van der Waals surface area (Å²) in [5.41, 5.74) is 3.34. The number of nitrogens with zero attached hydrogens (tertiary/aromatic N) is 2. The summed E-state index contributed by atoms with van der Waals surface area (Å²) in [6.45, 7) is 1.81. The van der Waals surface area contributed by atoms with Crippen LogP contribution in [0.15, 0.2) is 53.5 Å². The number of anilines is 2. The van der Waals surface area contributed by atoms with Crippen molar-refractivity contribution in [3.8, 4) is 0 Å². The van der Waals surface area contributed by atoms with E-state index in [9.17, 15) is 9.59 Å². The van der Waals surface area contributed by atoms with E-state index >= 15 is 0 Å². The zero-order valence-corrected chi connectivity index (χ0v) is 15.3. The Morgan fingerprint density at radius 3 is 2.46 bits per heavy atom. The summed E-state index contributed by atoms with van der Waals surface area (Å²) in [5, 5.41) is 7.73. The highest BCUT2D eigenvalue weighted by Gasteiger charge is 2.15. The third-order valence-corrected chi connectivity index (χ3v) is 4.54. The Kier molecular flexibility index (Phi) is 5.60. The molecule has 2 heterocycles. The molecule has 0 saturated carbocycles. The van der Waals surface area contributed by atoms with E-state index in [0.717, 1.165) is 5.56 Å². The van der Waals surface area contributed by atoms with E-state index in [2.05, 4.69) is 20.6 Å². The molecule has 0 aliphatic carbocycles. The van der Waals surface area contributed by atoms with E-state index in [1.807, 2.05) is 19.1 Å². The fourth-order valence-electron chi connectivity index (χ4n) is 2.20. The molecule has 0 aliphatic rings. The molecular formula is C18H15ClN4O2S. The highest BCUT2D eigenvalue weighted by Crippen LogP contribution is 2.20. The van der Waals surface area contributed by atoms with Crippen LogP contribution >= 0.6 is 22.9 Å². The first kappa shape index (κ1) is 18.0. The molecule has 2 N–H and O–H groups in total. The van der Waals surface area contributed by atoms with E-state index in [1.54, 1.807) is 35.2 Å². The van der Waals surface area contributed by atoms with Crippen LogP contribution in [0.3, 0.4) is 0 Å². The average Bonchev–Trinajstić information content (AvgIpc) is 3.18. The van der Waals surface area contributed by atoms with Crippen LogP contribution in [0.2, 0.25) is 5.02 Å². The topological polar surface area (TPSA) is 84.0 Å². The second-order valence-corrected chi connectivity index (χ2v) is 6.68. The molecule has 0 unspecified atom stereocenters. The van der Waals surface area contributed by atoms with Gasteiger partial charge in [0.1, 0.15) is 11.5 Å². The van der Waals surface area contributed by atoms with Crippen molar-refractivity contribution in [2.75, 3.05) is 10.6 Å². The van der Waals surface area contributed by atoms with Gasteiger partial charge in [-0.1, -0.05) is 23.7 Å². The molecular weight excluding hydrogens is 372 g/mol. The zero-order valence-electron chi connectivity index (χ0n) is 13.8. The van der Waals surface area contributed by atoms with Crippen molar-refractivity contribution in [1.82, 2.24) is 9.97 Å². The third kappa shape index (κ3) is 4.44. The SMILES string of the molecule is C[C@@H](C(=O)Nc1ccc(NC(=O)c2cscn2)nc1)c1ccc(Cl)cc1. The molecule has 2 amide bonds. The third-order valence-electron chi connectivity index (χ3n) is 3.70. The van der Waals surface area contributed by atoms with E-state index in [-0.39, 0.29) is 17.7 Å². The molecule has 0 saturated heterocycles. The maximum atomic E-state index is 12.4. The Balaban J connectivity index is 1.60. The van der Waals surface area contributed by atoms with E-state index in [4.69, 9.17) is 11.6 Å². The second kappa shape index (κ2) is 8.07. The van der Waals surface area contributed by atoms with Gasteiger partial charge in [-0.3, -0.25) is 9.59 Å². The average molecular weight is 387 g/mol. The Bertz CT molecular complexity index is 896. The predicted octanol–water partition coefficient (Wildman–Crippen LogP) is 4.19. The van der Waals surface area contributed by atoms with Gasteiger partial charge in [0.25, 0.3) is 5.91 Å². The van der Waals surface area contributed by atoms with Crippen LogP contribution in [0.5, 0.6) is 0 Å². The van der Waals surface area contributed by atoms with Gasteiger partial charge < -0.3 is 10.6 Å². The molecule has 0 aliphatic heterocycles. The number of thiazole rings is 1. The Morgan fingerprint density at radius 2 is 1.85 bits per heavy atom. The van der Waals surface area contributed by atoms with Crippen molar-refractivity contribution >= 4 is 46.3 Å². The molecule has 6 nitrogen and oxygen atoms in total. The Labute approximate surface area is 159 Å². The molecule has 2 aromatic heterocycles. The highest BCUT2D eigenvalue weighted by atomic mass is 35.5. The number of hydrogen-bond donors (Lipinski definition) is 2. The van der Waals surface area contributed by atoms with Crippen molar-refractivity contribution in [3.63, 3.8) is 0 Å². The van der Waals surface area contributed by atoms with E-state index in [0.29, 0.717) is 22.2 Å². The van der Waals surface area contributed by atoms with Gasteiger partial charge in [0, 0.05) is 10.4 Å². The molecule has 1 atom stereocenters. The number of hydrogen-bond acceptors (Lipinski definition) is 5. The summed E-state index contributed by atoms with van der Waals surface area (Å²) in [7, 11) is 0. The van der Waals surface area contributed by atoms with Crippen molar-refractivity contribution in [1.29, 1.82) is 0 Å². The van der Waals surface area contributed by atoms with Gasteiger partial charge in [-0.25, -0.2) is 9.97 Å². The number of nitrogens with one attached hydrogen (secondary N) is 2. The first-order chi connectivity index (χ1) is 12.5. The van der Waals surface area contributed by atoms with Crippen LogP contribution < -0.4 is 10.6 Å². The summed E-state index contributed by atoms with van der Waals surface area (Å²) in [6, 6.07) is 10.4. The van der Waals surface area contributed by atoms with Crippen molar-refractivity contribution in [3.05, 3.63) is 69.8 Å². The number of benzene rings is 1. The molecule has 0 bridgehead atoms. The number of aromatic nitrogens is 2. The number of carbonyl (C=O) groups excluding carboxylic acids is 2. The Hall–Kier alpha value is -2.77. The van der Waals surface area contributed by atoms with Gasteiger partial charge in [0.05, 0.1) is 23.3 Å². The number of pyridine rings is 1. The first-order valence-corrected chi connectivity index (χ1v) is 9.07. The predicted molar refractivity (Wildman–Crippen MR) is 103 cm³/mol. The summed E-state index contributed by atoms with van der Waals surface area (Å²) in [4.78, 5) is 32.4. The molecule has 8 heteroatoms. The summed E-state index contributed by atoms with van der Waals surface area (Å²) in [6.07, 6.45) is 1.49. The summed E-state index contributed by atoms with van der Waals surface area (Å²) in [5.74, 6) is -0.441. The molecule has 0 spiro atoms. The lowest BCUT2D eigenvalue weighted by molar-refractivity contribution is -0.117. The summed E-state index contributed by atoms with van der Waals surface area (Å²) < 4.78 is 0. The molecule has 3 rings (SSSR count). The minimum atomic E-state index is -0.337. The standard InChI is InChI=1S/C18H15ClN4O2S/c1-11(12-2-4-13(19)5-3-12)17(24)22-14-6-7-16(20-8-14)23-18(25)15-9-26-10-21-15/h2-11H,1H3,(H,22,24)(H,20,23,25)/t11-/m1/s1. The van der Waals surface area contributed by atoms with Crippen LogP contribution in [0.1, 0.15) is 28.9 Å². The number of halogens is 1. The molecule has 0 fully saturated rings. The van der Waals surface area contributed by atoms with Crippen molar-refractivity contribution in [2.24, 2.45) is 0 Å². The van der Waals surface area contributed by atoms with Gasteiger partial charge >= 0.3 is 0 Å². The minimum Gasteiger partial charge on any atom is -0.324 e. The molecule has 26 heavy (non-hydrogen) atoms. The van der Waals surface area contributed by atoms with Crippen LogP contribution in [-0.2, 0) is 4.79 Å². The fraction of sp³-hybridized carbons (Fsp3) is 0.111. The smallest absolute Gasteiger partial charge is 0.276 e. The highest BCUT2D eigenvalue weighted by molar-refractivity contribution is 7.07. The largest absolute Gasteiger partial charge is 0.324 e. The van der Waals surface area contributed by atoms with Crippen molar-refractivity contribution < 1.29 is 9.59 Å². The minimum absolute atomic E-state index is 0.159. The van der Waals surface area contributed by atoms with Gasteiger partial charge in [-0.15, -0.1) is 11.3 Å². The van der Waals surface area contributed by atoms with Gasteiger partial charge in [0.15, 0.2) is 0 Å². The lowest BCUT2D eigenvalue weighted by atomic mass is 10.0. The normalized spacial score (nSPS) is 11.6.